The Morgan fingerprint density at radius 2 is 1.91 bits per heavy atom. The molecule has 4 N–H and O–H groups in total. The Bertz CT molecular complexity index is 1160. The first-order chi connectivity index (χ1) is 16.4. The van der Waals surface area contributed by atoms with Crippen molar-refractivity contribution in [2.45, 2.75) is 36.8 Å². The number of phenols is 1. The Kier molecular flexibility index (Phi) is 8.00. The van der Waals surface area contributed by atoms with Gasteiger partial charge in [-0.25, -0.2) is 0 Å². The zero-order valence-corrected chi connectivity index (χ0v) is 21.7. The van der Waals surface area contributed by atoms with Crippen molar-refractivity contribution in [2.24, 2.45) is 5.73 Å². The first-order valence-electron chi connectivity index (χ1n) is 11.4. The van der Waals surface area contributed by atoms with Crippen molar-refractivity contribution in [3.8, 4) is 5.75 Å². The summed E-state index contributed by atoms with van der Waals surface area (Å²) in [7, 11) is 2.72. The Labute approximate surface area is 212 Å². The maximum atomic E-state index is 12.5. The van der Waals surface area contributed by atoms with E-state index in [-0.39, 0.29) is 17.7 Å². The van der Waals surface area contributed by atoms with Crippen molar-refractivity contribution in [2.75, 3.05) is 6.54 Å². The molecule has 0 saturated carbocycles. The average molecular weight is 537 g/mol. The minimum absolute atomic E-state index is 0.193. The molecule has 4 nitrogen and oxygen atoms in total. The van der Waals surface area contributed by atoms with Crippen LogP contribution < -0.4 is 16.4 Å². The van der Waals surface area contributed by atoms with Crippen LogP contribution in [0.25, 0.3) is 6.08 Å². The number of carbonyl (C=O) groups is 1. The lowest BCUT2D eigenvalue weighted by Crippen LogP contribution is -2.57. The number of hydrogen-bond donors (Lipinski definition) is 3. The minimum atomic E-state index is -0.619. The lowest BCUT2D eigenvalue weighted by atomic mass is 9.68. The molecule has 34 heavy (non-hydrogen) atoms. The van der Waals surface area contributed by atoms with Crippen molar-refractivity contribution in [3.05, 3.63) is 99.5 Å². The van der Waals surface area contributed by atoms with Crippen LogP contribution in [0.5, 0.6) is 5.75 Å². The van der Waals surface area contributed by atoms with Crippen LogP contribution in [0.1, 0.15) is 35.4 Å². The third kappa shape index (κ3) is 6.03. The van der Waals surface area contributed by atoms with Crippen molar-refractivity contribution >= 4 is 42.8 Å². The van der Waals surface area contributed by atoms with Crippen molar-refractivity contribution in [3.63, 3.8) is 0 Å². The third-order valence-electron chi connectivity index (χ3n) is 6.56. The fourth-order valence-corrected chi connectivity index (χ4v) is 5.59. The molecule has 0 aromatic heterocycles. The first kappa shape index (κ1) is 24.8. The van der Waals surface area contributed by atoms with Gasteiger partial charge in [-0.05, 0) is 78.1 Å². The zero-order valence-electron chi connectivity index (χ0n) is 19.0. The molecular formula is C28H30BrN2O2P. The topological polar surface area (TPSA) is 75.4 Å². The number of rotatable bonds is 7. The van der Waals surface area contributed by atoms with E-state index in [1.54, 1.807) is 12.1 Å². The number of hydrogen-bond acceptors (Lipinski definition) is 4. The molecule has 1 fully saturated rings. The highest BCUT2D eigenvalue weighted by atomic mass is 79.9. The van der Waals surface area contributed by atoms with Gasteiger partial charge in [0.05, 0.1) is 0 Å². The van der Waals surface area contributed by atoms with Crippen LogP contribution in [0.4, 0.5) is 0 Å². The molecule has 4 rings (SSSR count). The molecule has 1 saturated heterocycles. The van der Waals surface area contributed by atoms with Crippen molar-refractivity contribution < 1.29 is 9.90 Å². The molecule has 4 unspecified atom stereocenters. The normalized spacial score (nSPS) is 21.7. The van der Waals surface area contributed by atoms with Gasteiger partial charge < -0.3 is 16.2 Å². The van der Waals surface area contributed by atoms with Gasteiger partial charge in [0.2, 0.25) is 0 Å². The molecule has 6 heteroatoms. The van der Waals surface area contributed by atoms with Gasteiger partial charge >= 0.3 is 0 Å². The van der Waals surface area contributed by atoms with Crippen molar-refractivity contribution in [1.82, 2.24) is 5.32 Å². The average Bonchev–Trinajstić information content (AvgIpc) is 2.81. The SMILES string of the molecule is NC1(C(/C(C=O)=C/c2cccc(Br)c2)c2ccc(O)cc2)CCNC(Cc2ccc(P)cc2)C1. The maximum Gasteiger partial charge on any atom is 0.146 e. The Morgan fingerprint density at radius 1 is 1.18 bits per heavy atom. The predicted octanol–water partition coefficient (Wildman–Crippen LogP) is 4.71. The molecule has 1 aliphatic heterocycles. The van der Waals surface area contributed by atoms with Gasteiger partial charge in [0.25, 0.3) is 0 Å². The summed E-state index contributed by atoms with van der Waals surface area (Å²) in [6, 6.07) is 23.7. The smallest absolute Gasteiger partial charge is 0.146 e. The standard InChI is InChI=1S/C28H30BrN2O2P/c29-23-3-1-2-20(15-23)14-22(18-32)27(21-6-8-25(33)9-7-21)28(30)12-13-31-24(17-28)16-19-4-10-26(34)11-5-19/h1-11,14-15,18,24,27,31,33H,12-13,16-17,30,34H2/b22-14+. The summed E-state index contributed by atoms with van der Waals surface area (Å²) in [6.45, 7) is 0.778. The van der Waals surface area contributed by atoms with Gasteiger partial charge in [0.1, 0.15) is 12.0 Å². The second-order valence-corrected chi connectivity index (χ2v) is 10.7. The van der Waals surface area contributed by atoms with Crippen LogP contribution in [-0.4, -0.2) is 29.5 Å². The van der Waals surface area contributed by atoms with E-state index in [1.165, 1.54) is 5.56 Å². The van der Waals surface area contributed by atoms with Crippen LogP contribution in [0.2, 0.25) is 0 Å². The zero-order chi connectivity index (χ0) is 24.1. The van der Waals surface area contributed by atoms with Gasteiger partial charge in [-0.1, -0.05) is 64.5 Å². The maximum absolute atomic E-state index is 12.5. The van der Waals surface area contributed by atoms with Gasteiger partial charge in [0.15, 0.2) is 0 Å². The summed E-state index contributed by atoms with van der Waals surface area (Å²) in [5.74, 6) is -0.110. The monoisotopic (exact) mass is 536 g/mol. The lowest BCUT2D eigenvalue weighted by molar-refractivity contribution is -0.105. The number of benzene rings is 3. The number of halogens is 1. The Hall–Kier alpha value is -2.30. The highest BCUT2D eigenvalue weighted by Crippen LogP contribution is 2.41. The largest absolute Gasteiger partial charge is 0.508 e. The first-order valence-corrected chi connectivity index (χ1v) is 12.8. The molecule has 0 amide bonds. The number of nitrogens with one attached hydrogen (secondary N) is 1. The van der Waals surface area contributed by atoms with Crippen LogP contribution >= 0.6 is 25.2 Å². The van der Waals surface area contributed by atoms with E-state index in [4.69, 9.17) is 5.73 Å². The van der Waals surface area contributed by atoms with E-state index in [0.29, 0.717) is 5.57 Å². The summed E-state index contributed by atoms with van der Waals surface area (Å²) >= 11 is 3.52. The second kappa shape index (κ2) is 11.0. The summed E-state index contributed by atoms with van der Waals surface area (Å²) < 4.78 is 0.952. The number of aromatic hydroxyl groups is 1. The molecule has 4 atom stereocenters. The number of carbonyl (C=O) groups excluding carboxylic acids is 1. The van der Waals surface area contributed by atoms with E-state index >= 15 is 0 Å². The molecular weight excluding hydrogens is 507 g/mol. The van der Waals surface area contributed by atoms with Gasteiger partial charge in [0, 0.05) is 27.5 Å². The second-order valence-electron chi connectivity index (χ2n) is 9.13. The number of phenolic OH excluding ortho intramolecular Hbond substituents is 1. The third-order valence-corrected chi connectivity index (χ3v) is 7.44. The number of piperidine rings is 1. The quantitative estimate of drug-likeness (QED) is 0.232. The molecule has 3 aromatic carbocycles. The molecule has 3 aromatic rings. The minimum Gasteiger partial charge on any atom is -0.508 e. The molecule has 0 spiro atoms. The fourth-order valence-electron chi connectivity index (χ4n) is 4.98. The molecule has 176 valence electrons. The van der Waals surface area contributed by atoms with Crippen molar-refractivity contribution in [1.29, 1.82) is 0 Å². The van der Waals surface area contributed by atoms with Gasteiger partial charge in [-0.3, -0.25) is 4.79 Å². The Balaban J connectivity index is 1.70. The lowest BCUT2D eigenvalue weighted by Gasteiger charge is -2.44. The summed E-state index contributed by atoms with van der Waals surface area (Å²) in [5, 5.41) is 14.7. The predicted molar refractivity (Wildman–Crippen MR) is 146 cm³/mol. The highest BCUT2D eigenvalue weighted by molar-refractivity contribution is 9.10. The van der Waals surface area contributed by atoms with Gasteiger partial charge in [-0.2, -0.15) is 0 Å². The van der Waals surface area contributed by atoms with E-state index in [0.717, 1.165) is 53.0 Å². The van der Waals surface area contributed by atoms with Crippen LogP contribution in [0.3, 0.4) is 0 Å². The van der Waals surface area contributed by atoms with Crippen LogP contribution in [-0.2, 0) is 11.2 Å². The summed E-state index contributed by atoms with van der Waals surface area (Å²) in [4.78, 5) is 12.5. The van der Waals surface area contributed by atoms with E-state index in [9.17, 15) is 9.90 Å². The molecule has 0 aliphatic carbocycles. The number of aldehydes is 1. The van der Waals surface area contributed by atoms with Crippen LogP contribution in [0, 0.1) is 0 Å². The number of nitrogens with two attached hydrogens (primary N) is 1. The highest BCUT2D eigenvalue weighted by Gasteiger charge is 2.42. The fraction of sp³-hybridized carbons (Fsp3) is 0.250. The van der Waals surface area contributed by atoms with E-state index in [1.807, 2.05) is 42.5 Å². The Morgan fingerprint density at radius 3 is 2.59 bits per heavy atom. The van der Waals surface area contributed by atoms with Crippen LogP contribution in [0.15, 0.2) is 82.8 Å². The summed E-state index contributed by atoms with van der Waals surface area (Å²) in [6.07, 6.45) is 5.20. The van der Waals surface area contributed by atoms with Gasteiger partial charge in [-0.15, -0.1) is 9.24 Å². The van der Waals surface area contributed by atoms with E-state index < -0.39 is 5.54 Å². The molecule has 1 heterocycles. The molecule has 0 bridgehead atoms. The molecule has 1 aliphatic rings. The molecule has 0 radical (unpaired) electrons. The summed E-state index contributed by atoms with van der Waals surface area (Å²) in [5.41, 5.74) is 10.3. The van der Waals surface area contributed by atoms with E-state index in [2.05, 4.69) is 54.8 Å².